The molecule has 0 aliphatic carbocycles. The summed E-state index contributed by atoms with van der Waals surface area (Å²) in [6.45, 7) is 0.922. The standard InChI is InChI=1S/C6H10FNO2/c7-6(5(9)10)1-3-8-4-2-6/h8H,1-4H2,(H,9,10). The van der Waals surface area contributed by atoms with E-state index < -0.39 is 11.6 Å². The molecular weight excluding hydrogens is 137 g/mol. The molecule has 0 radical (unpaired) electrons. The van der Waals surface area contributed by atoms with Gasteiger partial charge in [-0.3, -0.25) is 0 Å². The molecule has 0 unspecified atom stereocenters. The van der Waals surface area contributed by atoms with Gasteiger partial charge in [-0.05, 0) is 13.1 Å². The lowest BCUT2D eigenvalue weighted by Crippen LogP contribution is -2.44. The van der Waals surface area contributed by atoms with Crippen LogP contribution in [0.15, 0.2) is 0 Å². The van der Waals surface area contributed by atoms with Gasteiger partial charge in [0.05, 0.1) is 0 Å². The molecule has 0 aromatic rings. The summed E-state index contributed by atoms with van der Waals surface area (Å²) >= 11 is 0. The third-order valence-corrected chi connectivity index (χ3v) is 1.78. The van der Waals surface area contributed by atoms with E-state index in [0.717, 1.165) is 0 Å². The minimum Gasteiger partial charge on any atom is -0.479 e. The van der Waals surface area contributed by atoms with Crippen LogP contribution < -0.4 is 5.32 Å². The molecule has 1 aliphatic heterocycles. The zero-order chi connectivity index (χ0) is 7.61. The molecule has 0 saturated carbocycles. The van der Waals surface area contributed by atoms with Crippen LogP contribution in [0, 0.1) is 0 Å². The first-order chi connectivity index (χ1) is 4.65. The van der Waals surface area contributed by atoms with Crippen molar-refractivity contribution in [3.8, 4) is 0 Å². The molecule has 4 heteroatoms. The summed E-state index contributed by atoms with van der Waals surface area (Å²) < 4.78 is 13.1. The molecule has 1 aliphatic rings. The average Bonchev–Trinajstić information content (AvgIpc) is 1.89. The quantitative estimate of drug-likeness (QED) is 0.555. The number of nitrogens with one attached hydrogen (secondary N) is 1. The highest BCUT2D eigenvalue weighted by Gasteiger charge is 2.39. The van der Waals surface area contributed by atoms with Crippen LogP contribution >= 0.6 is 0 Å². The van der Waals surface area contributed by atoms with Crippen LogP contribution in [0.5, 0.6) is 0 Å². The molecular formula is C6H10FNO2. The van der Waals surface area contributed by atoms with Crippen molar-refractivity contribution in [2.45, 2.75) is 18.5 Å². The Labute approximate surface area is 58.2 Å². The van der Waals surface area contributed by atoms with E-state index in [9.17, 15) is 9.18 Å². The van der Waals surface area contributed by atoms with Crippen LogP contribution in [0.1, 0.15) is 12.8 Å². The summed E-state index contributed by atoms with van der Waals surface area (Å²) in [6.07, 6.45) is 0.171. The number of hydrogen-bond donors (Lipinski definition) is 2. The molecule has 0 spiro atoms. The van der Waals surface area contributed by atoms with Gasteiger partial charge in [0.2, 0.25) is 5.67 Å². The third kappa shape index (κ3) is 1.26. The first kappa shape index (κ1) is 7.47. The van der Waals surface area contributed by atoms with E-state index in [1.165, 1.54) is 0 Å². The summed E-state index contributed by atoms with van der Waals surface area (Å²) in [6, 6.07) is 0. The maximum Gasteiger partial charge on any atom is 0.341 e. The Kier molecular flexibility index (Phi) is 1.89. The van der Waals surface area contributed by atoms with Crippen molar-refractivity contribution >= 4 is 5.97 Å². The molecule has 3 nitrogen and oxygen atoms in total. The van der Waals surface area contributed by atoms with Gasteiger partial charge in [-0.15, -0.1) is 0 Å². The normalized spacial score (nSPS) is 24.1. The number of aliphatic carboxylic acids is 1. The van der Waals surface area contributed by atoms with E-state index in [1.807, 2.05) is 0 Å². The van der Waals surface area contributed by atoms with E-state index in [4.69, 9.17) is 5.11 Å². The lowest BCUT2D eigenvalue weighted by atomic mass is 9.95. The molecule has 0 amide bonds. The predicted molar refractivity (Wildman–Crippen MR) is 33.6 cm³/mol. The number of hydrogen-bond acceptors (Lipinski definition) is 2. The van der Waals surface area contributed by atoms with Gasteiger partial charge in [0, 0.05) is 12.8 Å². The summed E-state index contributed by atoms with van der Waals surface area (Å²) in [5, 5.41) is 11.3. The number of rotatable bonds is 1. The second-order valence-electron chi connectivity index (χ2n) is 2.52. The zero-order valence-corrected chi connectivity index (χ0v) is 5.56. The number of carboxylic acid groups (broad SMARTS) is 1. The first-order valence-corrected chi connectivity index (χ1v) is 3.28. The Bertz CT molecular complexity index is 143. The summed E-state index contributed by atoms with van der Waals surface area (Å²) in [5.41, 5.74) is -1.97. The number of carboxylic acids is 1. The summed E-state index contributed by atoms with van der Waals surface area (Å²) in [7, 11) is 0. The van der Waals surface area contributed by atoms with Gasteiger partial charge in [0.1, 0.15) is 0 Å². The molecule has 0 aromatic carbocycles. The topological polar surface area (TPSA) is 49.3 Å². The Morgan fingerprint density at radius 2 is 2.00 bits per heavy atom. The maximum absolute atomic E-state index is 13.1. The number of alkyl halides is 1. The van der Waals surface area contributed by atoms with Crippen molar-refractivity contribution in [2.75, 3.05) is 13.1 Å². The smallest absolute Gasteiger partial charge is 0.341 e. The van der Waals surface area contributed by atoms with Gasteiger partial charge < -0.3 is 10.4 Å². The van der Waals surface area contributed by atoms with E-state index in [1.54, 1.807) is 0 Å². The molecule has 58 valence electrons. The van der Waals surface area contributed by atoms with Gasteiger partial charge in [-0.2, -0.15) is 0 Å². The number of halogens is 1. The van der Waals surface area contributed by atoms with Crippen molar-refractivity contribution < 1.29 is 14.3 Å². The Morgan fingerprint density at radius 3 is 2.30 bits per heavy atom. The summed E-state index contributed by atoms with van der Waals surface area (Å²) in [4.78, 5) is 10.3. The van der Waals surface area contributed by atoms with Crippen LogP contribution in [0.3, 0.4) is 0 Å². The molecule has 2 N–H and O–H groups in total. The molecule has 1 rings (SSSR count). The van der Waals surface area contributed by atoms with Crippen LogP contribution in [0.25, 0.3) is 0 Å². The average molecular weight is 147 g/mol. The Morgan fingerprint density at radius 1 is 1.50 bits per heavy atom. The second-order valence-corrected chi connectivity index (χ2v) is 2.52. The first-order valence-electron chi connectivity index (χ1n) is 3.28. The second kappa shape index (κ2) is 2.54. The van der Waals surface area contributed by atoms with Gasteiger partial charge in [-0.1, -0.05) is 0 Å². The molecule has 1 heterocycles. The highest BCUT2D eigenvalue weighted by molar-refractivity contribution is 5.77. The van der Waals surface area contributed by atoms with Crippen LogP contribution in [0.4, 0.5) is 4.39 Å². The molecule has 0 atom stereocenters. The van der Waals surface area contributed by atoms with Gasteiger partial charge in [-0.25, -0.2) is 9.18 Å². The fraction of sp³-hybridized carbons (Fsp3) is 0.833. The van der Waals surface area contributed by atoms with Gasteiger partial charge in [0.15, 0.2) is 0 Å². The largest absolute Gasteiger partial charge is 0.479 e. The minimum absolute atomic E-state index is 0.0856. The fourth-order valence-electron chi connectivity index (χ4n) is 1.04. The van der Waals surface area contributed by atoms with Crippen LogP contribution in [-0.4, -0.2) is 29.8 Å². The fourth-order valence-corrected chi connectivity index (χ4v) is 1.04. The zero-order valence-electron chi connectivity index (χ0n) is 5.56. The van der Waals surface area contributed by atoms with E-state index in [2.05, 4.69) is 5.32 Å². The summed E-state index contributed by atoms with van der Waals surface area (Å²) in [5.74, 6) is -1.32. The number of carbonyl (C=O) groups is 1. The highest BCUT2D eigenvalue weighted by Crippen LogP contribution is 2.22. The van der Waals surface area contributed by atoms with Crippen molar-refractivity contribution in [3.63, 3.8) is 0 Å². The molecule has 0 aromatic heterocycles. The van der Waals surface area contributed by atoms with Crippen molar-refractivity contribution in [2.24, 2.45) is 0 Å². The number of piperidine rings is 1. The molecule has 1 saturated heterocycles. The molecule has 1 fully saturated rings. The Hall–Kier alpha value is -0.640. The van der Waals surface area contributed by atoms with E-state index in [-0.39, 0.29) is 12.8 Å². The highest BCUT2D eigenvalue weighted by atomic mass is 19.1. The van der Waals surface area contributed by atoms with Gasteiger partial charge >= 0.3 is 5.97 Å². The van der Waals surface area contributed by atoms with Crippen molar-refractivity contribution in [3.05, 3.63) is 0 Å². The van der Waals surface area contributed by atoms with E-state index in [0.29, 0.717) is 13.1 Å². The lowest BCUT2D eigenvalue weighted by Gasteiger charge is -2.25. The molecule has 0 bridgehead atoms. The van der Waals surface area contributed by atoms with Crippen LogP contribution in [-0.2, 0) is 4.79 Å². The third-order valence-electron chi connectivity index (χ3n) is 1.78. The van der Waals surface area contributed by atoms with Gasteiger partial charge in [0.25, 0.3) is 0 Å². The lowest BCUT2D eigenvalue weighted by molar-refractivity contribution is -0.152. The van der Waals surface area contributed by atoms with Crippen molar-refractivity contribution in [1.82, 2.24) is 5.32 Å². The Balaban J connectivity index is 2.56. The van der Waals surface area contributed by atoms with E-state index >= 15 is 0 Å². The predicted octanol–water partition coefficient (Wildman–Crippen LogP) is 0.163. The van der Waals surface area contributed by atoms with Crippen molar-refractivity contribution in [1.29, 1.82) is 0 Å². The molecule has 10 heavy (non-hydrogen) atoms. The maximum atomic E-state index is 13.1. The van der Waals surface area contributed by atoms with Crippen LogP contribution in [0.2, 0.25) is 0 Å². The SMILES string of the molecule is O=C(O)C1(F)CCNCC1. The monoisotopic (exact) mass is 147 g/mol. The minimum atomic E-state index is -1.97.